The number of hydrogen-bond donors (Lipinski definition) is 2. The molecule has 3 rings (SSSR count). The van der Waals surface area contributed by atoms with Crippen molar-refractivity contribution < 1.29 is 9.53 Å². The molecule has 0 bridgehead atoms. The van der Waals surface area contributed by atoms with Crippen LogP contribution in [-0.4, -0.2) is 38.3 Å². The fraction of sp³-hybridized carbons (Fsp3) is 0.588. The average Bonchev–Trinajstić information content (AvgIpc) is 3.07. The fourth-order valence-electron chi connectivity index (χ4n) is 3.50. The molecule has 1 amide bonds. The smallest absolute Gasteiger partial charge is 0.230 e. The first-order valence-electron chi connectivity index (χ1n) is 8.07. The number of carbonyl (C=O) groups is 1. The highest BCUT2D eigenvalue weighted by atomic mass is 35.5. The van der Waals surface area contributed by atoms with E-state index in [9.17, 15) is 4.79 Å². The highest BCUT2D eigenvalue weighted by Gasteiger charge is 2.43. The number of benzene rings is 1. The van der Waals surface area contributed by atoms with Crippen molar-refractivity contribution in [2.24, 2.45) is 0 Å². The van der Waals surface area contributed by atoms with E-state index in [2.05, 4.69) is 10.6 Å². The third-order valence-corrected chi connectivity index (χ3v) is 5.17. The molecule has 23 heavy (non-hydrogen) atoms. The Morgan fingerprint density at radius 3 is 2.74 bits per heavy atom. The molecule has 6 heteroatoms. The molecule has 0 spiro atoms. The van der Waals surface area contributed by atoms with Gasteiger partial charge in [-0.3, -0.25) is 4.79 Å². The predicted molar refractivity (Wildman–Crippen MR) is 94.5 cm³/mol. The minimum absolute atomic E-state index is 0. The molecule has 0 aliphatic carbocycles. The Labute approximate surface area is 148 Å². The van der Waals surface area contributed by atoms with E-state index in [1.807, 2.05) is 24.3 Å². The third kappa shape index (κ3) is 4.00. The average molecular weight is 359 g/mol. The van der Waals surface area contributed by atoms with Gasteiger partial charge in [-0.25, -0.2) is 0 Å². The van der Waals surface area contributed by atoms with Crippen LogP contribution in [0, 0.1) is 0 Å². The second-order valence-corrected chi connectivity index (χ2v) is 6.58. The summed E-state index contributed by atoms with van der Waals surface area (Å²) in [7, 11) is 0. The van der Waals surface area contributed by atoms with Crippen LogP contribution in [0.1, 0.15) is 31.2 Å². The molecule has 2 saturated heterocycles. The van der Waals surface area contributed by atoms with Crippen LogP contribution in [0.5, 0.6) is 0 Å². The zero-order valence-electron chi connectivity index (χ0n) is 13.1. The standard InChI is InChI=1S/C17H23ClN2O2.ClH/c18-15-6-2-1-5-14(15)17(7-10-22-11-8-17)16(21)20-12-13-4-3-9-19-13;/h1-2,5-6,13,19H,3-4,7-12H2,(H,20,21);1H. The van der Waals surface area contributed by atoms with Gasteiger partial charge in [-0.2, -0.15) is 0 Å². The van der Waals surface area contributed by atoms with E-state index in [-0.39, 0.29) is 18.3 Å². The Morgan fingerprint density at radius 1 is 1.35 bits per heavy atom. The summed E-state index contributed by atoms with van der Waals surface area (Å²) < 4.78 is 5.48. The molecule has 2 N–H and O–H groups in total. The van der Waals surface area contributed by atoms with Crippen molar-refractivity contribution in [2.45, 2.75) is 37.1 Å². The van der Waals surface area contributed by atoms with Crippen molar-refractivity contribution in [1.29, 1.82) is 0 Å². The van der Waals surface area contributed by atoms with Crippen molar-refractivity contribution in [2.75, 3.05) is 26.3 Å². The van der Waals surface area contributed by atoms with Crippen LogP contribution >= 0.6 is 24.0 Å². The monoisotopic (exact) mass is 358 g/mol. The van der Waals surface area contributed by atoms with Gasteiger partial charge in [-0.1, -0.05) is 29.8 Å². The van der Waals surface area contributed by atoms with Gasteiger partial charge in [0.2, 0.25) is 5.91 Å². The number of carbonyl (C=O) groups excluding carboxylic acids is 1. The first kappa shape index (κ1) is 18.5. The topological polar surface area (TPSA) is 50.4 Å². The summed E-state index contributed by atoms with van der Waals surface area (Å²) in [6.45, 7) is 2.93. The predicted octanol–water partition coefficient (Wildman–Crippen LogP) is 2.68. The molecule has 2 heterocycles. The van der Waals surface area contributed by atoms with Gasteiger partial charge in [0, 0.05) is 30.8 Å². The summed E-state index contributed by atoms with van der Waals surface area (Å²) in [5.41, 5.74) is 0.367. The Hall–Kier alpha value is -0.810. The SMILES string of the molecule is Cl.O=C(NCC1CCCN1)C1(c2ccccc2Cl)CCOCC1. The Balaban J connectivity index is 0.00000192. The maximum Gasteiger partial charge on any atom is 0.230 e. The van der Waals surface area contributed by atoms with E-state index >= 15 is 0 Å². The lowest BCUT2D eigenvalue weighted by molar-refractivity contribution is -0.130. The molecule has 1 aromatic rings. The number of nitrogens with one attached hydrogen (secondary N) is 2. The number of ether oxygens (including phenoxy) is 1. The Kier molecular flexibility index (Phi) is 6.72. The van der Waals surface area contributed by atoms with Crippen molar-refractivity contribution in [3.05, 3.63) is 34.9 Å². The minimum atomic E-state index is -0.560. The van der Waals surface area contributed by atoms with E-state index in [1.165, 1.54) is 6.42 Å². The van der Waals surface area contributed by atoms with E-state index < -0.39 is 5.41 Å². The van der Waals surface area contributed by atoms with Crippen molar-refractivity contribution in [3.8, 4) is 0 Å². The quantitative estimate of drug-likeness (QED) is 0.869. The summed E-state index contributed by atoms with van der Waals surface area (Å²) in [4.78, 5) is 13.0. The number of halogens is 2. The molecule has 2 aliphatic rings. The van der Waals surface area contributed by atoms with E-state index in [0.717, 1.165) is 18.5 Å². The van der Waals surface area contributed by atoms with Gasteiger partial charge in [0.25, 0.3) is 0 Å². The molecular formula is C17H24Cl2N2O2. The molecule has 1 atom stereocenters. The first-order valence-corrected chi connectivity index (χ1v) is 8.45. The highest BCUT2D eigenvalue weighted by Crippen LogP contribution is 2.38. The molecule has 0 saturated carbocycles. The second kappa shape index (κ2) is 8.34. The largest absolute Gasteiger partial charge is 0.381 e. The summed E-state index contributed by atoms with van der Waals surface area (Å²) in [5, 5.41) is 7.22. The maximum atomic E-state index is 13.0. The molecular weight excluding hydrogens is 335 g/mol. The summed E-state index contributed by atoms with van der Waals surface area (Å²) >= 11 is 6.39. The number of rotatable bonds is 4. The van der Waals surface area contributed by atoms with Crippen molar-refractivity contribution >= 4 is 29.9 Å². The Morgan fingerprint density at radius 2 is 2.09 bits per heavy atom. The van der Waals surface area contributed by atoms with Gasteiger partial charge in [0.05, 0.1) is 5.41 Å². The van der Waals surface area contributed by atoms with Crippen LogP contribution in [0.4, 0.5) is 0 Å². The van der Waals surface area contributed by atoms with Crippen LogP contribution in [0.2, 0.25) is 5.02 Å². The minimum Gasteiger partial charge on any atom is -0.381 e. The van der Waals surface area contributed by atoms with Crippen LogP contribution < -0.4 is 10.6 Å². The van der Waals surface area contributed by atoms with Gasteiger partial charge in [0.1, 0.15) is 0 Å². The first-order chi connectivity index (χ1) is 10.7. The lowest BCUT2D eigenvalue weighted by Crippen LogP contribution is -2.50. The van der Waals surface area contributed by atoms with Gasteiger partial charge < -0.3 is 15.4 Å². The zero-order valence-corrected chi connectivity index (χ0v) is 14.7. The van der Waals surface area contributed by atoms with Gasteiger partial charge in [-0.05, 0) is 43.9 Å². The van der Waals surface area contributed by atoms with Gasteiger partial charge in [0.15, 0.2) is 0 Å². The lowest BCUT2D eigenvalue weighted by atomic mass is 9.73. The molecule has 2 fully saturated rings. The lowest BCUT2D eigenvalue weighted by Gasteiger charge is -2.37. The summed E-state index contributed by atoms with van der Waals surface area (Å²) in [5.74, 6) is 0.0811. The zero-order chi connectivity index (χ0) is 15.4. The molecule has 1 aromatic carbocycles. The van der Waals surface area contributed by atoms with Crippen LogP contribution in [0.3, 0.4) is 0 Å². The van der Waals surface area contributed by atoms with E-state index in [4.69, 9.17) is 16.3 Å². The second-order valence-electron chi connectivity index (χ2n) is 6.18. The fourth-order valence-corrected chi connectivity index (χ4v) is 3.82. The van der Waals surface area contributed by atoms with E-state index in [1.54, 1.807) is 0 Å². The summed E-state index contributed by atoms with van der Waals surface area (Å²) in [6, 6.07) is 8.08. The molecule has 128 valence electrons. The Bertz CT molecular complexity index is 527. The van der Waals surface area contributed by atoms with Gasteiger partial charge in [-0.15, -0.1) is 12.4 Å². The molecule has 2 aliphatic heterocycles. The summed E-state index contributed by atoms with van der Waals surface area (Å²) in [6.07, 6.45) is 3.67. The van der Waals surface area contributed by atoms with Crippen LogP contribution in [0.15, 0.2) is 24.3 Å². The number of amides is 1. The normalized spacial score (nSPS) is 23.1. The molecule has 0 aromatic heterocycles. The molecule has 1 unspecified atom stereocenters. The third-order valence-electron chi connectivity index (χ3n) is 4.84. The maximum absolute atomic E-state index is 13.0. The van der Waals surface area contributed by atoms with Crippen molar-refractivity contribution in [1.82, 2.24) is 10.6 Å². The number of hydrogen-bond acceptors (Lipinski definition) is 3. The van der Waals surface area contributed by atoms with Crippen molar-refractivity contribution in [3.63, 3.8) is 0 Å². The molecule has 4 nitrogen and oxygen atoms in total. The molecule has 0 radical (unpaired) electrons. The van der Waals surface area contributed by atoms with Gasteiger partial charge >= 0.3 is 0 Å². The van der Waals surface area contributed by atoms with E-state index in [0.29, 0.717) is 43.7 Å². The van der Waals surface area contributed by atoms with Crippen LogP contribution in [0.25, 0.3) is 0 Å². The van der Waals surface area contributed by atoms with Crippen LogP contribution in [-0.2, 0) is 14.9 Å². The highest BCUT2D eigenvalue weighted by molar-refractivity contribution is 6.31.